The smallest absolute Gasteiger partial charge is 0.347 e. The minimum absolute atomic E-state index is 0.0472. The van der Waals surface area contributed by atoms with Crippen molar-refractivity contribution in [2.45, 2.75) is 38.3 Å². The van der Waals surface area contributed by atoms with Gasteiger partial charge in [-0.2, -0.15) is 0 Å². The minimum atomic E-state index is -1.28. The Morgan fingerprint density at radius 2 is 1.79 bits per heavy atom. The Labute approximate surface area is 190 Å². The van der Waals surface area contributed by atoms with E-state index in [2.05, 4.69) is 5.32 Å². The van der Waals surface area contributed by atoms with Gasteiger partial charge in [-0.05, 0) is 24.5 Å². The lowest BCUT2D eigenvalue weighted by molar-refractivity contribution is -0.825. The van der Waals surface area contributed by atoms with Crippen LogP contribution in [0.1, 0.15) is 40.7 Å². The SMILES string of the molecule is O=C(O)COCCOCCOCCCc1cccc2c1C[N+]([O-])(C1CCC(=O)NC1=O)C2=O. The van der Waals surface area contributed by atoms with Crippen LogP contribution >= 0.6 is 0 Å². The molecular weight excluding hydrogens is 436 g/mol. The normalized spacial score (nSPS) is 22.3. The van der Waals surface area contributed by atoms with Crippen molar-refractivity contribution in [2.75, 3.05) is 39.6 Å². The van der Waals surface area contributed by atoms with Gasteiger partial charge in [-0.15, -0.1) is 0 Å². The van der Waals surface area contributed by atoms with Crippen molar-refractivity contribution in [3.63, 3.8) is 0 Å². The van der Waals surface area contributed by atoms with E-state index in [9.17, 15) is 24.4 Å². The summed E-state index contributed by atoms with van der Waals surface area (Å²) < 4.78 is 14.4. The molecule has 1 aromatic carbocycles. The maximum atomic E-state index is 13.4. The van der Waals surface area contributed by atoms with Crippen LogP contribution in [-0.2, 0) is 41.6 Å². The Balaban J connectivity index is 1.43. The van der Waals surface area contributed by atoms with Crippen molar-refractivity contribution in [2.24, 2.45) is 0 Å². The molecule has 1 aromatic rings. The van der Waals surface area contributed by atoms with Crippen molar-refractivity contribution in [1.82, 2.24) is 5.32 Å². The lowest BCUT2D eigenvalue weighted by Gasteiger charge is -2.42. The topological polar surface area (TPSA) is 151 Å². The summed E-state index contributed by atoms with van der Waals surface area (Å²) in [5, 5.41) is 24.0. The molecule has 33 heavy (non-hydrogen) atoms. The van der Waals surface area contributed by atoms with Gasteiger partial charge < -0.3 is 24.5 Å². The second kappa shape index (κ2) is 11.4. The second-order valence-corrected chi connectivity index (χ2v) is 7.94. The van der Waals surface area contributed by atoms with Crippen LogP contribution in [0.2, 0.25) is 0 Å². The standard InChI is InChI=1S/C22H28N2O9/c25-19-7-6-18(21(28)23-19)24(30)13-17-15(3-1-5-16(17)22(24)29)4-2-8-31-9-10-32-11-12-33-14-20(26)27/h1,3,5,18H,2,4,6-14H2,(H,26,27)(H,23,25,28). The Morgan fingerprint density at radius 3 is 2.48 bits per heavy atom. The van der Waals surface area contributed by atoms with E-state index in [-0.39, 0.29) is 39.2 Å². The highest BCUT2D eigenvalue weighted by Gasteiger charge is 2.49. The minimum Gasteiger partial charge on any atom is -0.624 e. The molecule has 0 spiro atoms. The molecule has 1 fully saturated rings. The number of aryl methyl sites for hydroxylation is 1. The number of ether oxygens (including phenoxy) is 3. The average molecular weight is 464 g/mol. The highest BCUT2D eigenvalue weighted by atomic mass is 16.6. The summed E-state index contributed by atoms with van der Waals surface area (Å²) in [5.74, 6) is -2.78. The number of imide groups is 1. The van der Waals surface area contributed by atoms with E-state index in [0.717, 1.165) is 5.56 Å². The number of rotatable bonds is 13. The monoisotopic (exact) mass is 464 g/mol. The third-order valence-corrected chi connectivity index (χ3v) is 5.66. The summed E-state index contributed by atoms with van der Waals surface area (Å²) in [7, 11) is 0. The third-order valence-electron chi connectivity index (χ3n) is 5.66. The zero-order valence-electron chi connectivity index (χ0n) is 18.2. The molecule has 11 heteroatoms. The fraction of sp³-hybridized carbons (Fsp3) is 0.545. The lowest BCUT2D eigenvalue weighted by atomic mass is 10.00. The average Bonchev–Trinajstić information content (AvgIpc) is 3.03. The molecule has 2 heterocycles. The molecular formula is C22H28N2O9. The van der Waals surface area contributed by atoms with Crippen LogP contribution in [-0.4, -0.2) is 79.1 Å². The van der Waals surface area contributed by atoms with E-state index >= 15 is 0 Å². The van der Waals surface area contributed by atoms with Gasteiger partial charge in [0.25, 0.3) is 5.91 Å². The number of aliphatic carboxylic acids is 1. The molecule has 11 nitrogen and oxygen atoms in total. The Morgan fingerprint density at radius 1 is 1.09 bits per heavy atom. The van der Waals surface area contributed by atoms with Crippen molar-refractivity contribution in [1.29, 1.82) is 0 Å². The first-order chi connectivity index (χ1) is 15.8. The van der Waals surface area contributed by atoms with Crippen LogP contribution in [0.3, 0.4) is 0 Å². The molecule has 0 radical (unpaired) electrons. The van der Waals surface area contributed by atoms with E-state index in [1.54, 1.807) is 12.1 Å². The van der Waals surface area contributed by atoms with Gasteiger partial charge in [0.1, 0.15) is 13.2 Å². The number of carbonyl (C=O) groups excluding carboxylic acids is 3. The first kappa shape index (κ1) is 24.9. The van der Waals surface area contributed by atoms with Gasteiger partial charge in [-0.3, -0.25) is 19.6 Å². The molecule has 180 valence electrons. The van der Waals surface area contributed by atoms with Gasteiger partial charge >= 0.3 is 11.9 Å². The summed E-state index contributed by atoms with van der Waals surface area (Å²) in [6, 6.07) is 4.09. The van der Waals surface area contributed by atoms with Gasteiger partial charge in [0.05, 0.1) is 32.0 Å². The number of amides is 3. The highest BCUT2D eigenvalue weighted by Crippen LogP contribution is 2.36. The lowest BCUT2D eigenvalue weighted by Crippen LogP contribution is -2.60. The van der Waals surface area contributed by atoms with Crippen LogP contribution in [0.25, 0.3) is 0 Å². The number of fused-ring (bicyclic) bond motifs is 1. The molecule has 2 atom stereocenters. The van der Waals surface area contributed by atoms with E-state index < -0.39 is 34.4 Å². The van der Waals surface area contributed by atoms with E-state index in [0.29, 0.717) is 43.8 Å². The predicted molar refractivity (Wildman–Crippen MR) is 113 cm³/mol. The number of benzene rings is 1. The molecule has 2 aliphatic heterocycles. The number of nitrogens with one attached hydrogen (secondary N) is 1. The third kappa shape index (κ3) is 6.21. The van der Waals surface area contributed by atoms with Crippen molar-refractivity contribution in [3.05, 3.63) is 40.1 Å². The predicted octanol–water partition coefficient (Wildman–Crippen LogP) is 0.527. The molecule has 3 rings (SSSR count). The molecule has 2 N–H and O–H groups in total. The number of carboxylic acids is 1. The van der Waals surface area contributed by atoms with Crippen LogP contribution < -0.4 is 5.32 Å². The first-order valence-corrected chi connectivity index (χ1v) is 10.9. The molecule has 2 unspecified atom stereocenters. The molecule has 0 saturated carbocycles. The zero-order chi connectivity index (χ0) is 23.8. The quantitative estimate of drug-likeness (QED) is 0.184. The van der Waals surface area contributed by atoms with E-state index in [1.807, 2.05) is 6.07 Å². The molecule has 0 aliphatic carbocycles. The van der Waals surface area contributed by atoms with E-state index in [1.165, 1.54) is 0 Å². The molecule has 0 aromatic heterocycles. The first-order valence-electron chi connectivity index (χ1n) is 10.9. The Kier molecular flexibility index (Phi) is 8.64. The van der Waals surface area contributed by atoms with Gasteiger partial charge in [-0.25, -0.2) is 9.59 Å². The maximum Gasteiger partial charge on any atom is 0.347 e. The summed E-state index contributed by atoms with van der Waals surface area (Å²) >= 11 is 0. The fourth-order valence-electron chi connectivity index (χ4n) is 4.06. The summed E-state index contributed by atoms with van der Waals surface area (Å²) in [6.07, 6.45) is 1.38. The van der Waals surface area contributed by atoms with Crippen molar-refractivity contribution >= 4 is 23.7 Å². The molecule has 2 aliphatic rings. The molecule has 0 bridgehead atoms. The van der Waals surface area contributed by atoms with Gasteiger partial charge in [0.15, 0.2) is 6.04 Å². The number of carbonyl (C=O) groups is 4. The number of quaternary nitrogens is 1. The van der Waals surface area contributed by atoms with Crippen LogP contribution in [0, 0.1) is 5.21 Å². The number of piperidine rings is 1. The number of hydrogen-bond acceptors (Lipinski definition) is 8. The fourth-order valence-corrected chi connectivity index (χ4v) is 4.06. The van der Waals surface area contributed by atoms with Gasteiger partial charge in [0.2, 0.25) is 5.91 Å². The van der Waals surface area contributed by atoms with Crippen molar-refractivity contribution < 1.29 is 43.1 Å². The van der Waals surface area contributed by atoms with E-state index in [4.69, 9.17) is 19.3 Å². The Bertz CT molecular complexity index is 904. The zero-order valence-corrected chi connectivity index (χ0v) is 18.2. The number of carboxylic acid groups (broad SMARTS) is 1. The van der Waals surface area contributed by atoms with Crippen LogP contribution in [0.4, 0.5) is 0 Å². The number of hydroxylamine groups is 3. The van der Waals surface area contributed by atoms with Crippen molar-refractivity contribution in [3.8, 4) is 0 Å². The summed E-state index contributed by atoms with van der Waals surface area (Å²) in [4.78, 5) is 46.8. The van der Waals surface area contributed by atoms with Crippen LogP contribution in [0.5, 0.6) is 0 Å². The summed E-state index contributed by atoms with van der Waals surface area (Å²) in [5.41, 5.74) is 1.87. The molecule has 1 saturated heterocycles. The number of hydrogen-bond donors (Lipinski definition) is 2. The number of nitrogens with zero attached hydrogens (tertiary/aromatic N) is 1. The Hall–Kier alpha value is -2.70. The molecule has 3 amide bonds. The van der Waals surface area contributed by atoms with Gasteiger partial charge in [-0.1, -0.05) is 12.1 Å². The largest absolute Gasteiger partial charge is 0.624 e. The maximum absolute atomic E-state index is 13.4. The highest BCUT2D eigenvalue weighted by molar-refractivity contribution is 6.02. The van der Waals surface area contributed by atoms with Crippen LogP contribution in [0.15, 0.2) is 18.2 Å². The van der Waals surface area contributed by atoms with Gasteiger partial charge in [0, 0.05) is 25.0 Å². The second-order valence-electron chi connectivity index (χ2n) is 7.94. The summed E-state index contributed by atoms with van der Waals surface area (Å²) in [6.45, 7) is 1.20.